The van der Waals surface area contributed by atoms with Crippen molar-refractivity contribution < 1.29 is 19.1 Å². The molecule has 1 aromatic carbocycles. The SMILES string of the molecule is CCOC(=O)C1=C(CSc2nnc(-c3ccccc3OC)n2C)NC(=O)N[C@H]1C. The third kappa shape index (κ3) is 4.37. The first kappa shape index (κ1) is 20.7. The van der Waals surface area contributed by atoms with Crippen molar-refractivity contribution in [2.75, 3.05) is 19.5 Å². The van der Waals surface area contributed by atoms with Crippen molar-refractivity contribution in [1.82, 2.24) is 25.4 Å². The summed E-state index contributed by atoms with van der Waals surface area (Å²) in [6.45, 7) is 3.75. The van der Waals surface area contributed by atoms with E-state index in [1.165, 1.54) is 11.8 Å². The van der Waals surface area contributed by atoms with E-state index in [4.69, 9.17) is 9.47 Å². The summed E-state index contributed by atoms with van der Waals surface area (Å²) in [5.41, 5.74) is 1.74. The molecule has 2 amide bonds. The van der Waals surface area contributed by atoms with Gasteiger partial charge >= 0.3 is 12.0 Å². The Hall–Kier alpha value is -3.01. The molecule has 1 aromatic heterocycles. The van der Waals surface area contributed by atoms with E-state index in [0.717, 1.165) is 5.56 Å². The summed E-state index contributed by atoms with van der Waals surface area (Å²) in [4.78, 5) is 24.2. The highest BCUT2D eigenvalue weighted by molar-refractivity contribution is 7.99. The molecule has 0 fully saturated rings. The number of rotatable bonds is 7. The lowest BCUT2D eigenvalue weighted by molar-refractivity contribution is -0.138. The highest BCUT2D eigenvalue weighted by atomic mass is 32.2. The van der Waals surface area contributed by atoms with Gasteiger partial charge in [0.05, 0.1) is 30.9 Å². The first-order valence-corrected chi connectivity index (χ1v) is 10.1. The monoisotopic (exact) mass is 417 g/mol. The molecule has 0 saturated carbocycles. The van der Waals surface area contributed by atoms with Crippen molar-refractivity contribution >= 4 is 23.8 Å². The Balaban J connectivity index is 1.85. The number of hydrogen-bond acceptors (Lipinski definition) is 7. The van der Waals surface area contributed by atoms with Gasteiger partial charge in [-0.05, 0) is 26.0 Å². The number of carbonyl (C=O) groups is 2. The summed E-state index contributed by atoms with van der Waals surface area (Å²) in [5.74, 6) is 1.25. The van der Waals surface area contributed by atoms with Crippen molar-refractivity contribution in [2.24, 2.45) is 7.05 Å². The van der Waals surface area contributed by atoms with E-state index in [0.29, 0.717) is 33.8 Å². The number of para-hydroxylation sites is 1. The van der Waals surface area contributed by atoms with Crippen LogP contribution in [0.1, 0.15) is 13.8 Å². The van der Waals surface area contributed by atoms with E-state index in [1.54, 1.807) is 21.0 Å². The number of hydrogen-bond donors (Lipinski definition) is 2. The highest BCUT2D eigenvalue weighted by Crippen LogP contribution is 2.30. The number of amides is 2. The molecule has 1 aliphatic rings. The van der Waals surface area contributed by atoms with E-state index in [2.05, 4.69) is 20.8 Å². The summed E-state index contributed by atoms with van der Waals surface area (Å²) < 4.78 is 12.4. The molecular weight excluding hydrogens is 394 g/mol. The van der Waals surface area contributed by atoms with E-state index < -0.39 is 12.0 Å². The number of aromatic nitrogens is 3. The fraction of sp³-hybridized carbons (Fsp3) is 0.368. The van der Waals surface area contributed by atoms with Gasteiger partial charge in [-0.15, -0.1) is 10.2 Å². The maximum absolute atomic E-state index is 12.3. The van der Waals surface area contributed by atoms with Gasteiger partial charge in [-0.1, -0.05) is 23.9 Å². The first-order chi connectivity index (χ1) is 14.0. The van der Waals surface area contributed by atoms with Gasteiger partial charge in [-0.3, -0.25) is 0 Å². The summed E-state index contributed by atoms with van der Waals surface area (Å²) >= 11 is 1.37. The number of benzene rings is 1. The number of urea groups is 1. The predicted molar refractivity (Wildman–Crippen MR) is 109 cm³/mol. The second-order valence-electron chi connectivity index (χ2n) is 6.29. The quantitative estimate of drug-likeness (QED) is 0.525. The van der Waals surface area contributed by atoms with Crippen LogP contribution in [0.15, 0.2) is 40.7 Å². The minimum atomic E-state index is -0.448. The van der Waals surface area contributed by atoms with E-state index in [-0.39, 0.29) is 12.6 Å². The maximum Gasteiger partial charge on any atom is 0.337 e. The van der Waals surface area contributed by atoms with Crippen LogP contribution >= 0.6 is 11.8 Å². The molecule has 1 atom stereocenters. The average molecular weight is 417 g/mol. The minimum Gasteiger partial charge on any atom is -0.496 e. The Morgan fingerprint density at radius 1 is 1.31 bits per heavy atom. The van der Waals surface area contributed by atoms with Gasteiger partial charge in [0.15, 0.2) is 11.0 Å². The van der Waals surface area contributed by atoms with Gasteiger partial charge < -0.3 is 24.7 Å². The minimum absolute atomic E-state index is 0.259. The number of carbonyl (C=O) groups excluding carboxylic acids is 2. The fourth-order valence-corrected chi connectivity index (χ4v) is 3.91. The number of thioether (sulfide) groups is 1. The highest BCUT2D eigenvalue weighted by Gasteiger charge is 2.30. The van der Waals surface area contributed by atoms with Crippen LogP contribution in [0.3, 0.4) is 0 Å². The zero-order valence-corrected chi connectivity index (χ0v) is 17.5. The molecule has 0 spiro atoms. The summed E-state index contributed by atoms with van der Waals surface area (Å²) in [5, 5.41) is 14.6. The molecular formula is C19H23N5O4S. The van der Waals surface area contributed by atoms with Crippen LogP contribution in [0.4, 0.5) is 4.79 Å². The lowest BCUT2D eigenvalue weighted by Gasteiger charge is -2.26. The Bertz CT molecular complexity index is 956. The van der Waals surface area contributed by atoms with E-state index in [1.807, 2.05) is 35.9 Å². The van der Waals surface area contributed by atoms with Crippen molar-refractivity contribution in [3.63, 3.8) is 0 Å². The topological polar surface area (TPSA) is 107 Å². The van der Waals surface area contributed by atoms with Crippen molar-refractivity contribution in [3.05, 3.63) is 35.5 Å². The second kappa shape index (κ2) is 8.99. The normalized spacial score (nSPS) is 16.3. The number of ether oxygens (including phenoxy) is 2. The molecule has 0 unspecified atom stereocenters. The van der Waals surface area contributed by atoms with Gasteiger partial charge in [-0.2, -0.15) is 0 Å². The lowest BCUT2D eigenvalue weighted by Crippen LogP contribution is -2.49. The van der Waals surface area contributed by atoms with Crippen LogP contribution in [0.2, 0.25) is 0 Å². The zero-order chi connectivity index (χ0) is 21.0. The molecule has 2 aromatic rings. The molecule has 0 bridgehead atoms. The van der Waals surface area contributed by atoms with Crippen molar-refractivity contribution in [3.8, 4) is 17.1 Å². The first-order valence-electron chi connectivity index (χ1n) is 9.09. The zero-order valence-electron chi connectivity index (χ0n) is 16.7. The fourth-order valence-electron chi connectivity index (χ4n) is 3.03. The average Bonchev–Trinajstić information content (AvgIpc) is 3.06. The molecule has 3 rings (SSSR count). The molecule has 154 valence electrons. The summed E-state index contributed by atoms with van der Waals surface area (Å²) in [6.07, 6.45) is 0. The Labute approximate surface area is 172 Å². The largest absolute Gasteiger partial charge is 0.496 e. The molecule has 0 saturated heterocycles. The third-order valence-corrected chi connectivity index (χ3v) is 5.44. The van der Waals surface area contributed by atoms with E-state index in [9.17, 15) is 9.59 Å². The summed E-state index contributed by atoms with van der Waals surface area (Å²) in [6, 6.07) is 6.77. The molecule has 0 aliphatic carbocycles. The van der Waals surface area contributed by atoms with Gasteiger partial charge in [0.25, 0.3) is 0 Å². The number of methoxy groups -OCH3 is 1. The smallest absolute Gasteiger partial charge is 0.337 e. The van der Waals surface area contributed by atoms with Crippen LogP contribution in [-0.2, 0) is 16.6 Å². The Kier molecular flexibility index (Phi) is 6.42. The molecule has 1 aliphatic heterocycles. The van der Waals surface area contributed by atoms with E-state index >= 15 is 0 Å². The predicted octanol–water partition coefficient (Wildman–Crippen LogP) is 2.10. The lowest BCUT2D eigenvalue weighted by atomic mass is 10.1. The molecule has 10 heteroatoms. The van der Waals surface area contributed by atoms with Crippen LogP contribution in [0, 0.1) is 0 Å². The van der Waals surface area contributed by atoms with Crippen LogP contribution in [0.25, 0.3) is 11.4 Å². The maximum atomic E-state index is 12.3. The van der Waals surface area contributed by atoms with Crippen LogP contribution in [-0.4, -0.2) is 52.3 Å². The molecule has 2 N–H and O–H groups in total. The van der Waals surface area contributed by atoms with Gasteiger partial charge in [0, 0.05) is 18.5 Å². The number of nitrogens with zero attached hydrogens (tertiary/aromatic N) is 3. The molecule has 9 nitrogen and oxygen atoms in total. The molecule has 29 heavy (non-hydrogen) atoms. The third-order valence-electron chi connectivity index (χ3n) is 4.39. The molecule has 2 heterocycles. The van der Waals surface area contributed by atoms with Crippen molar-refractivity contribution in [2.45, 2.75) is 25.0 Å². The van der Waals surface area contributed by atoms with Crippen LogP contribution < -0.4 is 15.4 Å². The van der Waals surface area contributed by atoms with Crippen molar-refractivity contribution in [1.29, 1.82) is 0 Å². The van der Waals surface area contributed by atoms with Crippen LogP contribution in [0.5, 0.6) is 5.75 Å². The second-order valence-corrected chi connectivity index (χ2v) is 7.23. The summed E-state index contributed by atoms with van der Waals surface area (Å²) in [7, 11) is 3.46. The molecule has 0 radical (unpaired) electrons. The van der Waals surface area contributed by atoms with Gasteiger partial charge in [0.1, 0.15) is 5.75 Å². The van der Waals surface area contributed by atoms with Gasteiger partial charge in [0.2, 0.25) is 0 Å². The standard InChI is InChI=1S/C19H23N5O4S/c1-5-28-17(25)15-11(2)20-18(26)21-13(15)10-29-19-23-22-16(24(19)3)12-8-6-7-9-14(12)27-4/h6-9,11H,5,10H2,1-4H3,(H2,20,21,26)/t11-/m0/s1. The Morgan fingerprint density at radius 2 is 2.07 bits per heavy atom. The van der Waals surface area contributed by atoms with Gasteiger partial charge in [-0.25, -0.2) is 9.59 Å². The number of nitrogens with one attached hydrogen (secondary N) is 2. The number of esters is 1. The Morgan fingerprint density at radius 3 is 2.79 bits per heavy atom.